The van der Waals surface area contributed by atoms with E-state index in [1.165, 1.54) is 12.8 Å². The first kappa shape index (κ1) is 9.00. The third-order valence-electron chi connectivity index (χ3n) is 3.66. The fourth-order valence-electron chi connectivity index (χ4n) is 3.04. The van der Waals surface area contributed by atoms with Crippen molar-refractivity contribution in [3.8, 4) is 0 Å². The van der Waals surface area contributed by atoms with Gasteiger partial charge in [0.1, 0.15) is 0 Å². The van der Waals surface area contributed by atoms with E-state index >= 15 is 0 Å². The monoisotopic (exact) mass is 183 g/mol. The van der Waals surface area contributed by atoms with Crippen LogP contribution in [0, 0.1) is 11.8 Å². The first-order valence-electron chi connectivity index (χ1n) is 5.13. The lowest BCUT2D eigenvalue weighted by molar-refractivity contribution is -0.145. The SMILES string of the molecule is CN1CCC2CCCC(C(=O)O)C21. The van der Waals surface area contributed by atoms with E-state index in [-0.39, 0.29) is 5.92 Å². The largest absolute Gasteiger partial charge is 0.481 e. The van der Waals surface area contributed by atoms with E-state index in [9.17, 15) is 4.79 Å². The van der Waals surface area contributed by atoms with Crippen LogP contribution in [0.2, 0.25) is 0 Å². The lowest BCUT2D eigenvalue weighted by Crippen LogP contribution is -2.43. The highest BCUT2D eigenvalue weighted by atomic mass is 16.4. The number of hydrogen-bond acceptors (Lipinski definition) is 2. The number of likely N-dealkylation sites (tertiary alicyclic amines) is 1. The molecule has 74 valence electrons. The molecule has 2 fully saturated rings. The van der Waals surface area contributed by atoms with E-state index in [1.54, 1.807) is 0 Å². The van der Waals surface area contributed by atoms with Gasteiger partial charge in [0.2, 0.25) is 0 Å². The fraction of sp³-hybridized carbons (Fsp3) is 0.900. The van der Waals surface area contributed by atoms with Gasteiger partial charge < -0.3 is 10.0 Å². The van der Waals surface area contributed by atoms with Gasteiger partial charge in [0.15, 0.2) is 0 Å². The van der Waals surface area contributed by atoms with Crippen LogP contribution in [-0.2, 0) is 4.79 Å². The number of nitrogens with zero attached hydrogens (tertiary/aromatic N) is 1. The highest BCUT2D eigenvalue weighted by Crippen LogP contribution is 2.38. The number of aliphatic carboxylic acids is 1. The van der Waals surface area contributed by atoms with Crippen LogP contribution < -0.4 is 0 Å². The molecule has 2 aliphatic rings. The maximum atomic E-state index is 11.0. The van der Waals surface area contributed by atoms with Crippen molar-refractivity contribution in [2.24, 2.45) is 11.8 Å². The molecule has 3 nitrogen and oxygen atoms in total. The Kier molecular flexibility index (Phi) is 2.28. The third kappa shape index (κ3) is 1.46. The zero-order chi connectivity index (χ0) is 9.42. The van der Waals surface area contributed by atoms with Gasteiger partial charge in [0.25, 0.3) is 0 Å². The Hall–Kier alpha value is -0.570. The van der Waals surface area contributed by atoms with Crippen LogP contribution in [0.5, 0.6) is 0 Å². The molecule has 0 spiro atoms. The van der Waals surface area contributed by atoms with Crippen LogP contribution in [0.15, 0.2) is 0 Å². The molecular weight excluding hydrogens is 166 g/mol. The van der Waals surface area contributed by atoms with Crippen LogP contribution in [-0.4, -0.2) is 35.6 Å². The minimum Gasteiger partial charge on any atom is -0.481 e. The van der Waals surface area contributed by atoms with E-state index in [4.69, 9.17) is 5.11 Å². The summed E-state index contributed by atoms with van der Waals surface area (Å²) < 4.78 is 0. The average Bonchev–Trinajstić information content (AvgIpc) is 2.48. The highest BCUT2D eigenvalue weighted by molar-refractivity contribution is 5.71. The summed E-state index contributed by atoms with van der Waals surface area (Å²) in [5.41, 5.74) is 0. The summed E-state index contributed by atoms with van der Waals surface area (Å²) in [6, 6.07) is 0.325. The second-order valence-corrected chi connectivity index (χ2v) is 4.40. The summed E-state index contributed by atoms with van der Waals surface area (Å²) in [6.45, 7) is 1.08. The Morgan fingerprint density at radius 1 is 1.38 bits per heavy atom. The summed E-state index contributed by atoms with van der Waals surface area (Å²) in [4.78, 5) is 13.3. The second kappa shape index (κ2) is 3.29. The maximum absolute atomic E-state index is 11.0. The predicted octanol–water partition coefficient (Wildman–Crippen LogP) is 1.19. The van der Waals surface area contributed by atoms with Crippen molar-refractivity contribution in [3.05, 3.63) is 0 Å². The average molecular weight is 183 g/mol. The van der Waals surface area contributed by atoms with Gasteiger partial charge in [0.05, 0.1) is 5.92 Å². The van der Waals surface area contributed by atoms with Gasteiger partial charge in [0, 0.05) is 6.04 Å². The Balaban J connectivity index is 2.14. The highest BCUT2D eigenvalue weighted by Gasteiger charge is 2.42. The van der Waals surface area contributed by atoms with E-state index in [2.05, 4.69) is 11.9 Å². The van der Waals surface area contributed by atoms with Gasteiger partial charge in [-0.25, -0.2) is 0 Å². The quantitative estimate of drug-likeness (QED) is 0.664. The number of carboxylic acids is 1. The molecule has 0 amide bonds. The molecule has 2 rings (SSSR count). The molecule has 3 unspecified atom stereocenters. The molecule has 0 aromatic rings. The molecular formula is C10H17NO2. The van der Waals surface area contributed by atoms with Crippen molar-refractivity contribution < 1.29 is 9.90 Å². The first-order valence-corrected chi connectivity index (χ1v) is 5.13. The van der Waals surface area contributed by atoms with Crippen LogP contribution in [0.1, 0.15) is 25.7 Å². The molecule has 1 saturated heterocycles. The lowest BCUT2D eigenvalue weighted by Gasteiger charge is -2.34. The molecule has 13 heavy (non-hydrogen) atoms. The minimum absolute atomic E-state index is 0.105. The van der Waals surface area contributed by atoms with E-state index in [0.717, 1.165) is 19.4 Å². The van der Waals surface area contributed by atoms with Crippen LogP contribution in [0.3, 0.4) is 0 Å². The van der Waals surface area contributed by atoms with Crippen LogP contribution >= 0.6 is 0 Å². The summed E-state index contributed by atoms with van der Waals surface area (Å²) in [7, 11) is 2.06. The Morgan fingerprint density at radius 2 is 2.15 bits per heavy atom. The number of carbonyl (C=O) groups is 1. The molecule has 1 N–H and O–H groups in total. The Morgan fingerprint density at radius 3 is 2.85 bits per heavy atom. The second-order valence-electron chi connectivity index (χ2n) is 4.40. The van der Waals surface area contributed by atoms with Crippen molar-refractivity contribution in [2.45, 2.75) is 31.7 Å². The van der Waals surface area contributed by atoms with Gasteiger partial charge in [-0.3, -0.25) is 4.79 Å². The van der Waals surface area contributed by atoms with Gasteiger partial charge in [-0.15, -0.1) is 0 Å². The topological polar surface area (TPSA) is 40.5 Å². The summed E-state index contributed by atoms with van der Waals surface area (Å²) in [5.74, 6) is -0.0467. The van der Waals surface area contributed by atoms with Gasteiger partial charge in [-0.05, 0) is 38.8 Å². The van der Waals surface area contributed by atoms with Crippen molar-refractivity contribution in [1.29, 1.82) is 0 Å². The molecule has 0 aromatic carbocycles. The van der Waals surface area contributed by atoms with Crippen LogP contribution in [0.25, 0.3) is 0 Å². The number of rotatable bonds is 1. The Labute approximate surface area is 78.7 Å². The normalized spacial score (nSPS) is 40.2. The first-order chi connectivity index (χ1) is 6.20. The molecule has 1 heterocycles. The zero-order valence-electron chi connectivity index (χ0n) is 8.07. The molecule has 0 radical (unpaired) electrons. The van der Waals surface area contributed by atoms with Crippen molar-refractivity contribution >= 4 is 5.97 Å². The lowest BCUT2D eigenvalue weighted by atomic mass is 9.77. The summed E-state index contributed by atoms with van der Waals surface area (Å²) >= 11 is 0. The van der Waals surface area contributed by atoms with E-state index in [1.807, 2.05) is 0 Å². The fourth-order valence-corrected chi connectivity index (χ4v) is 3.04. The zero-order valence-corrected chi connectivity index (χ0v) is 8.07. The van der Waals surface area contributed by atoms with Crippen molar-refractivity contribution in [2.75, 3.05) is 13.6 Å². The van der Waals surface area contributed by atoms with Crippen molar-refractivity contribution in [1.82, 2.24) is 4.90 Å². The summed E-state index contributed by atoms with van der Waals surface area (Å²) in [6.07, 6.45) is 4.41. The van der Waals surface area contributed by atoms with Gasteiger partial charge >= 0.3 is 5.97 Å². The molecule has 1 aliphatic heterocycles. The number of hydrogen-bond donors (Lipinski definition) is 1. The van der Waals surface area contributed by atoms with E-state index in [0.29, 0.717) is 12.0 Å². The van der Waals surface area contributed by atoms with Crippen molar-refractivity contribution in [3.63, 3.8) is 0 Å². The molecule has 3 atom stereocenters. The maximum Gasteiger partial charge on any atom is 0.308 e. The molecule has 0 bridgehead atoms. The Bertz CT molecular complexity index is 215. The molecule has 1 aliphatic carbocycles. The van der Waals surface area contributed by atoms with Crippen LogP contribution in [0.4, 0.5) is 0 Å². The smallest absolute Gasteiger partial charge is 0.308 e. The number of carboxylic acid groups (broad SMARTS) is 1. The molecule has 0 aromatic heterocycles. The summed E-state index contributed by atoms with van der Waals surface area (Å²) in [5, 5.41) is 9.08. The predicted molar refractivity (Wildman–Crippen MR) is 49.5 cm³/mol. The van der Waals surface area contributed by atoms with Gasteiger partial charge in [-0.1, -0.05) is 6.42 Å². The third-order valence-corrected chi connectivity index (χ3v) is 3.66. The van der Waals surface area contributed by atoms with Gasteiger partial charge in [-0.2, -0.15) is 0 Å². The number of fused-ring (bicyclic) bond motifs is 1. The standard InChI is InChI=1S/C10H17NO2/c1-11-6-5-7-3-2-4-8(9(7)11)10(12)13/h7-9H,2-6H2,1H3,(H,12,13). The van der Waals surface area contributed by atoms with E-state index < -0.39 is 5.97 Å². The minimum atomic E-state index is -0.594. The molecule has 3 heteroatoms. The molecule has 1 saturated carbocycles.